The van der Waals surface area contributed by atoms with Crippen molar-refractivity contribution in [3.05, 3.63) is 29.6 Å². The highest BCUT2D eigenvalue weighted by atomic mass is 19.1. The molecule has 2 saturated carbocycles. The largest absolute Gasteiger partial charge is 0.497 e. The minimum atomic E-state index is -0.232. The molecular weight excluding hydrogens is 229 g/mol. The van der Waals surface area contributed by atoms with Crippen LogP contribution in [0, 0.1) is 23.6 Å². The monoisotopic (exact) mass is 249 g/mol. The Kier molecular flexibility index (Phi) is 3.02. The third-order valence-electron chi connectivity index (χ3n) is 4.82. The average Bonchev–Trinajstić information content (AvgIpc) is 3.00. The third-order valence-corrected chi connectivity index (χ3v) is 4.82. The van der Waals surface area contributed by atoms with E-state index < -0.39 is 0 Å². The molecule has 4 unspecified atom stereocenters. The highest BCUT2D eigenvalue weighted by molar-refractivity contribution is 5.31. The van der Waals surface area contributed by atoms with Crippen molar-refractivity contribution < 1.29 is 9.13 Å². The van der Waals surface area contributed by atoms with Gasteiger partial charge in [0, 0.05) is 17.7 Å². The van der Waals surface area contributed by atoms with E-state index in [1.807, 2.05) is 0 Å². The van der Waals surface area contributed by atoms with Crippen LogP contribution in [0.1, 0.15) is 37.3 Å². The lowest BCUT2D eigenvalue weighted by Gasteiger charge is -2.28. The SMILES string of the molecule is COc1ccc(C(N)C2CC3CCC2C3)c(F)c1. The van der Waals surface area contributed by atoms with Gasteiger partial charge in [-0.3, -0.25) is 0 Å². The summed E-state index contributed by atoms with van der Waals surface area (Å²) in [5, 5.41) is 0. The zero-order valence-electron chi connectivity index (χ0n) is 10.7. The second kappa shape index (κ2) is 4.54. The second-order valence-corrected chi connectivity index (χ2v) is 5.75. The summed E-state index contributed by atoms with van der Waals surface area (Å²) in [4.78, 5) is 0. The van der Waals surface area contributed by atoms with Crippen molar-refractivity contribution in [3.8, 4) is 5.75 Å². The molecule has 2 N–H and O–H groups in total. The van der Waals surface area contributed by atoms with E-state index in [9.17, 15) is 4.39 Å². The number of benzene rings is 1. The van der Waals surface area contributed by atoms with Gasteiger partial charge in [0.15, 0.2) is 0 Å². The first-order valence-corrected chi connectivity index (χ1v) is 6.78. The summed E-state index contributed by atoms with van der Waals surface area (Å²) >= 11 is 0. The lowest BCUT2D eigenvalue weighted by Crippen LogP contribution is -2.26. The van der Waals surface area contributed by atoms with Gasteiger partial charge in [0.1, 0.15) is 11.6 Å². The Labute approximate surface area is 107 Å². The molecule has 2 aliphatic rings. The van der Waals surface area contributed by atoms with Crippen LogP contribution in [0.5, 0.6) is 5.75 Å². The predicted molar refractivity (Wildman–Crippen MR) is 68.8 cm³/mol. The number of hydrogen-bond acceptors (Lipinski definition) is 2. The number of ether oxygens (including phenoxy) is 1. The van der Waals surface area contributed by atoms with Crippen molar-refractivity contribution in [2.24, 2.45) is 23.5 Å². The molecule has 4 atom stereocenters. The first-order valence-electron chi connectivity index (χ1n) is 6.78. The summed E-state index contributed by atoms with van der Waals surface area (Å²) in [7, 11) is 1.55. The van der Waals surface area contributed by atoms with E-state index in [4.69, 9.17) is 10.5 Å². The maximum Gasteiger partial charge on any atom is 0.131 e. The van der Waals surface area contributed by atoms with Crippen LogP contribution in [-0.2, 0) is 0 Å². The van der Waals surface area contributed by atoms with Crippen LogP contribution in [0.25, 0.3) is 0 Å². The molecule has 2 nitrogen and oxygen atoms in total. The van der Waals surface area contributed by atoms with Crippen molar-refractivity contribution in [3.63, 3.8) is 0 Å². The number of rotatable bonds is 3. The minimum Gasteiger partial charge on any atom is -0.497 e. The maximum atomic E-state index is 14.0. The summed E-state index contributed by atoms with van der Waals surface area (Å²) < 4.78 is 19.0. The Morgan fingerprint density at radius 3 is 2.72 bits per heavy atom. The Morgan fingerprint density at radius 1 is 1.33 bits per heavy atom. The van der Waals surface area contributed by atoms with Crippen molar-refractivity contribution in [2.75, 3.05) is 7.11 Å². The van der Waals surface area contributed by atoms with Gasteiger partial charge in [-0.15, -0.1) is 0 Å². The van der Waals surface area contributed by atoms with Crippen molar-refractivity contribution in [1.82, 2.24) is 0 Å². The van der Waals surface area contributed by atoms with Gasteiger partial charge < -0.3 is 10.5 Å². The molecule has 0 radical (unpaired) electrons. The molecule has 2 bridgehead atoms. The molecule has 0 heterocycles. The number of fused-ring (bicyclic) bond motifs is 2. The summed E-state index contributed by atoms with van der Waals surface area (Å²) in [6, 6.07) is 4.85. The van der Waals surface area contributed by atoms with Crippen molar-refractivity contribution in [1.29, 1.82) is 0 Å². The lowest BCUT2D eigenvalue weighted by atomic mass is 9.81. The molecule has 1 aromatic rings. The first-order chi connectivity index (χ1) is 8.69. The number of methoxy groups -OCH3 is 1. The summed E-state index contributed by atoms with van der Waals surface area (Å²) in [6.45, 7) is 0. The van der Waals surface area contributed by atoms with E-state index >= 15 is 0 Å². The number of halogens is 1. The van der Waals surface area contributed by atoms with Crippen LogP contribution in [0.4, 0.5) is 4.39 Å². The second-order valence-electron chi connectivity index (χ2n) is 5.75. The quantitative estimate of drug-likeness (QED) is 0.892. The van der Waals surface area contributed by atoms with E-state index in [2.05, 4.69) is 0 Å². The van der Waals surface area contributed by atoms with E-state index in [1.54, 1.807) is 19.2 Å². The van der Waals surface area contributed by atoms with Gasteiger partial charge in [0.05, 0.1) is 7.11 Å². The maximum absolute atomic E-state index is 14.0. The van der Waals surface area contributed by atoms with E-state index in [0.717, 1.165) is 5.92 Å². The van der Waals surface area contributed by atoms with Crippen LogP contribution in [0.2, 0.25) is 0 Å². The Hall–Kier alpha value is -1.09. The molecule has 3 heteroatoms. The van der Waals surface area contributed by atoms with Gasteiger partial charge in [-0.2, -0.15) is 0 Å². The Balaban J connectivity index is 1.82. The molecular formula is C15H20FNO. The zero-order valence-corrected chi connectivity index (χ0v) is 10.7. The molecule has 1 aromatic carbocycles. The normalized spacial score (nSPS) is 31.6. The fourth-order valence-electron chi connectivity index (χ4n) is 3.87. The minimum absolute atomic E-state index is 0.161. The van der Waals surface area contributed by atoms with Crippen LogP contribution in [0.15, 0.2) is 18.2 Å². The molecule has 2 fully saturated rings. The topological polar surface area (TPSA) is 35.2 Å². The van der Waals surface area contributed by atoms with E-state index in [0.29, 0.717) is 23.1 Å². The molecule has 98 valence electrons. The van der Waals surface area contributed by atoms with Crippen LogP contribution < -0.4 is 10.5 Å². The summed E-state index contributed by atoms with van der Waals surface area (Å²) in [5.74, 6) is 2.34. The van der Waals surface area contributed by atoms with Crippen LogP contribution >= 0.6 is 0 Å². The van der Waals surface area contributed by atoms with Gasteiger partial charge in [-0.25, -0.2) is 4.39 Å². The number of nitrogens with two attached hydrogens (primary N) is 1. The Morgan fingerprint density at radius 2 is 2.17 bits per heavy atom. The molecule has 3 rings (SSSR count). The fourth-order valence-corrected chi connectivity index (χ4v) is 3.87. The molecule has 2 aliphatic carbocycles. The summed E-state index contributed by atoms with van der Waals surface area (Å²) in [5.41, 5.74) is 6.94. The van der Waals surface area contributed by atoms with Crippen LogP contribution in [0.3, 0.4) is 0 Å². The highest BCUT2D eigenvalue weighted by Gasteiger charge is 2.42. The lowest BCUT2D eigenvalue weighted by molar-refractivity contribution is 0.280. The van der Waals surface area contributed by atoms with Gasteiger partial charge in [-0.05, 0) is 43.1 Å². The van der Waals surface area contributed by atoms with Gasteiger partial charge in [0.25, 0.3) is 0 Å². The van der Waals surface area contributed by atoms with E-state index in [-0.39, 0.29) is 11.9 Å². The van der Waals surface area contributed by atoms with Gasteiger partial charge in [0.2, 0.25) is 0 Å². The summed E-state index contributed by atoms with van der Waals surface area (Å²) in [6.07, 6.45) is 5.10. The molecule has 0 aromatic heterocycles. The van der Waals surface area contributed by atoms with Gasteiger partial charge >= 0.3 is 0 Å². The number of hydrogen-bond donors (Lipinski definition) is 1. The highest BCUT2D eigenvalue weighted by Crippen LogP contribution is 2.52. The van der Waals surface area contributed by atoms with Crippen molar-refractivity contribution in [2.45, 2.75) is 31.7 Å². The van der Waals surface area contributed by atoms with Crippen molar-refractivity contribution >= 4 is 0 Å². The smallest absolute Gasteiger partial charge is 0.131 e. The standard InChI is InChI=1S/C15H20FNO/c1-18-11-4-5-12(14(16)8-11)15(17)13-7-9-2-3-10(13)6-9/h4-5,8-10,13,15H,2-3,6-7,17H2,1H3. The molecule has 0 saturated heterocycles. The third kappa shape index (κ3) is 1.91. The molecule has 0 aliphatic heterocycles. The molecule has 18 heavy (non-hydrogen) atoms. The molecule has 0 amide bonds. The van der Waals surface area contributed by atoms with E-state index in [1.165, 1.54) is 31.7 Å². The van der Waals surface area contributed by atoms with Crippen LogP contribution in [-0.4, -0.2) is 7.11 Å². The zero-order chi connectivity index (χ0) is 12.7. The van der Waals surface area contributed by atoms with Gasteiger partial charge in [-0.1, -0.05) is 12.5 Å². The fraction of sp³-hybridized carbons (Fsp3) is 0.600. The Bertz CT molecular complexity index is 448. The average molecular weight is 249 g/mol. The molecule has 0 spiro atoms. The first kappa shape index (κ1) is 12.0. The predicted octanol–water partition coefficient (Wildman–Crippen LogP) is 3.27.